The van der Waals surface area contributed by atoms with E-state index in [1.807, 2.05) is 18.2 Å². The molecule has 2 rings (SSSR count). The molecule has 0 aliphatic rings. The van der Waals surface area contributed by atoms with Crippen LogP contribution in [0, 0.1) is 11.3 Å². The number of pyridine rings is 1. The van der Waals surface area contributed by atoms with Gasteiger partial charge in [0, 0.05) is 24.8 Å². The Morgan fingerprint density at radius 1 is 1.31 bits per heavy atom. The van der Waals surface area contributed by atoms with Gasteiger partial charge in [-0.15, -0.1) is 0 Å². The summed E-state index contributed by atoms with van der Waals surface area (Å²) in [7, 11) is 0. The lowest BCUT2D eigenvalue weighted by atomic mass is 10.2. The summed E-state index contributed by atoms with van der Waals surface area (Å²) in [5, 5.41) is 12.0. The Labute approximate surface area is 93.5 Å². The molecule has 4 nitrogen and oxygen atoms in total. The maximum absolute atomic E-state index is 8.69. The predicted molar refractivity (Wildman–Crippen MR) is 58.2 cm³/mol. The van der Waals surface area contributed by atoms with Crippen LogP contribution in [0.3, 0.4) is 0 Å². The largest absolute Gasteiger partial charge is 0.472 e. The summed E-state index contributed by atoms with van der Waals surface area (Å²) in [6.45, 7) is 1.46. The first kappa shape index (κ1) is 10.4. The highest BCUT2D eigenvalue weighted by molar-refractivity contribution is 5.25. The quantitative estimate of drug-likeness (QED) is 0.841. The van der Waals surface area contributed by atoms with Gasteiger partial charge in [-0.3, -0.25) is 0 Å². The van der Waals surface area contributed by atoms with Crippen LogP contribution in [0.15, 0.2) is 41.3 Å². The monoisotopic (exact) mass is 213 g/mol. The Morgan fingerprint density at radius 3 is 2.94 bits per heavy atom. The van der Waals surface area contributed by atoms with E-state index in [1.54, 1.807) is 24.8 Å². The maximum atomic E-state index is 8.69. The lowest BCUT2D eigenvalue weighted by Crippen LogP contribution is -2.12. The summed E-state index contributed by atoms with van der Waals surface area (Å²) in [5.41, 5.74) is 2.60. The summed E-state index contributed by atoms with van der Waals surface area (Å²) in [6, 6.07) is 7.61. The Balaban J connectivity index is 1.88. The van der Waals surface area contributed by atoms with E-state index in [9.17, 15) is 0 Å². The van der Waals surface area contributed by atoms with Crippen molar-refractivity contribution in [3.63, 3.8) is 0 Å². The number of aromatic nitrogens is 1. The molecule has 0 aliphatic carbocycles. The predicted octanol–water partition coefficient (Wildman–Crippen LogP) is 1.84. The smallest absolute Gasteiger partial charge is 0.140 e. The fraction of sp³-hybridized carbons (Fsp3) is 0.167. The molecule has 0 spiro atoms. The van der Waals surface area contributed by atoms with E-state index >= 15 is 0 Å². The van der Waals surface area contributed by atoms with Crippen molar-refractivity contribution in [2.45, 2.75) is 13.1 Å². The molecule has 0 amide bonds. The van der Waals surface area contributed by atoms with Gasteiger partial charge in [-0.05, 0) is 23.8 Å². The molecule has 0 bridgehead atoms. The molecular weight excluding hydrogens is 202 g/mol. The number of hydrogen-bond donors (Lipinski definition) is 1. The van der Waals surface area contributed by atoms with Crippen LogP contribution in [0.1, 0.15) is 16.8 Å². The molecule has 2 aromatic heterocycles. The number of hydrogen-bond acceptors (Lipinski definition) is 4. The summed E-state index contributed by atoms with van der Waals surface area (Å²) >= 11 is 0. The van der Waals surface area contributed by atoms with Crippen LogP contribution in [0.25, 0.3) is 0 Å². The lowest BCUT2D eigenvalue weighted by molar-refractivity contribution is 0.560. The lowest BCUT2D eigenvalue weighted by Gasteiger charge is -2.02. The standard InChI is InChI=1S/C12H11N3O/c13-6-12-5-10(1-3-15-12)7-14-8-11-2-4-16-9-11/h1-5,9,14H,7-8H2. The minimum absolute atomic E-state index is 0.447. The fourth-order valence-electron chi connectivity index (χ4n) is 1.39. The molecule has 0 saturated heterocycles. The molecule has 0 aliphatic heterocycles. The topological polar surface area (TPSA) is 61.9 Å². The second kappa shape index (κ2) is 5.10. The van der Waals surface area contributed by atoms with Gasteiger partial charge in [0.25, 0.3) is 0 Å². The van der Waals surface area contributed by atoms with E-state index in [0.717, 1.165) is 17.7 Å². The molecule has 4 heteroatoms. The first-order valence-corrected chi connectivity index (χ1v) is 4.95. The minimum atomic E-state index is 0.447. The third-order valence-electron chi connectivity index (χ3n) is 2.18. The van der Waals surface area contributed by atoms with Gasteiger partial charge in [0.15, 0.2) is 0 Å². The second-order valence-corrected chi connectivity index (χ2v) is 3.40. The van der Waals surface area contributed by atoms with Crippen molar-refractivity contribution in [3.8, 4) is 6.07 Å². The molecule has 0 aromatic carbocycles. The Kier molecular flexibility index (Phi) is 3.31. The van der Waals surface area contributed by atoms with E-state index in [4.69, 9.17) is 9.68 Å². The number of nitrogens with zero attached hydrogens (tertiary/aromatic N) is 2. The molecule has 0 radical (unpaired) electrons. The number of nitriles is 1. The first-order valence-electron chi connectivity index (χ1n) is 4.95. The van der Waals surface area contributed by atoms with Gasteiger partial charge >= 0.3 is 0 Å². The van der Waals surface area contributed by atoms with Gasteiger partial charge in [0.2, 0.25) is 0 Å². The number of furan rings is 1. The van der Waals surface area contributed by atoms with E-state index in [1.165, 1.54) is 0 Å². The van der Waals surface area contributed by atoms with E-state index in [2.05, 4.69) is 10.3 Å². The molecular formula is C12H11N3O. The molecule has 2 aromatic rings. The molecule has 80 valence electrons. The number of rotatable bonds is 4. The van der Waals surface area contributed by atoms with Gasteiger partial charge in [0.05, 0.1) is 12.5 Å². The van der Waals surface area contributed by atoms with Crippen LogP contribution in [-0.4, -0.2) is 4.98 Å². The van der Waals surface area contributed by atoms with Crippen molar-refractivity contribution in [2.24, 2.45) is 0 Å². The van der Waals surface area contributed by atoms with Crippen molar-refractivity contribution in [3.05, 3.63) is 53.7 Å². The van der Waals surface area contributed by atoms with E-state index in [-0.39, 0.29) is 0 Å². The average Bonchev–Trinajstić information content (AvgIpc) is 2.82. The minimum Gasteiger partial charge on any atom is -0.472 e. The molecule has 1 N–H and O–H groups in total. The summed E-state index contributed by atoms with van der Waals surface area (Å²) in [5.74, 6) is 0. The van der Waals surface area contributed by atoms with Crippen LogP contribution in [0.2, 0.25) is 0 Å². The third-order valence-corrected chi connectivity index (χ3v) is 2.18. The zero-order chi connectivity index (χ0) is 11.2. The van der Waals surface area contributed by atoms with Gasteiger partial charge < -0.3 is 9.73 Å². The van der Waals surface area contributed by atoms with Crippen molar-refractivity contribution in [2.75, 3.05) is 0 Å². The highest BCUT2D eigenvalue weighted by Gasteiger charge is 1.97. The van der Waals surface area contributed by atoms with Gasteiger partial charge in [-0.25, -0.2) is 4.98 Å². The Morgan fingerprint density at radius 2 is 2.19 bits per heavy atom. The highest BCUT2D eigenvalue weighted by Crippen LogP contribution is 2.02. The van der Waals surface area contributed by atoms with Crippen LogP contribution >= 0.6 is 0 Å². The van der Waals surface area contributed by atoms with E-state index < -0.39 is 0 Å². The highest BCUT2D eigenvalue weighted by atomic mass is 16.3. The summed E-state index contributed by atoms with van der Waals surface area (Å²) in [4.78, 5) is 3.91. The van der Waals surface area contributed by atoms with Gasteiger partial charge in [-0.1, -0.05) is 0 Å². The molecule has 2 heterocycles. The van der Waals surface area contributed by atoms with Gasteiger partial charge in [0.1, 0.15) is 11.8 Å². The maximum Gasteiger partial charge on any atom is 0.140 e. The zero-order valence-corrected chi connectivity index (χ0v) is 8.68. The first-order chi connectivity index (χ1) is 7.88. The van der Waals surface area contributed by atoms with Crippen molar-refractivity contribution < 1.29 is 4.42 Å². The van der Waals surface area contributed by atoms with Crippen molar-refractivity contribution in [1.82, 2.24) is 10.3 Å². The molecule has 0 saturated carbocycles. The van der Waals surface area contributed by atoms with Crippen molar-refractivity contribution >= 4 is 0 Å². The SMILES string of the molecule is N#Cc1cc(CNCc2ccoc2)ccn1. The van der Waals surface area contributed by atoms with Crippen LogP contribution < -0.4 is 5.32 Å². The van der Waals surface area contributed by atoms with Crippen LogP contribution in [0.5, 0.6) is 0 Å². The third kappa shape index (κ3) is 2.69. The fourth-order valence-corrected chi connectivity index (χ4v) is 1.39. The van der Waals surface area contributed by atoms with Crippen LogP contribution in [-0.2, 0) is 13.1 Å². The zero-order valence-electron chi connectivity index (χ0n) is 8.68. The molecule has 0 unspecified atom stereocenters. The summed E-state index contributed by atoms with van der Waals surface area (Å²) in [6.07, 6.45) is 5.00. The van der Waals surface area contributed by atoms with E-state index in [0.29, 0.717) is 12.2 Å². The average molecular weight is 213 g/mol. The van der Waals surface area contributed by atoms with Crippen LogP contribution in [0.4, 0.5) is 0 Å². The molecule has 0 fully saturated rings. The second-order valence-electron chi connectivity index (χ2n) is 3.40. The Hall–Kier alpha value is -2.12. The normalized spacial score (nSPS) is 9.94. The molecule has 0 atom stereocenters. The van der Waals surface area contributed by atoms with Gasteiger partial charge in [-0.2, -0.15) is 5.26 Å². The van der Waals surface area contributed by atoms with Crippen molar-refractivity contribution in [1.29, 1.82) is 5.26 Å². The molecule has 16 heavy (non-hydrogen) atoms. The Bertz CT molecular complexity index is 485. The number of nitrogens with one attached hydrogen (secondary N) is 1. The summed E-state index contributed by atoms with van der Waals surface area (Å²) < 4.78 is 4.96.